The molecule has 5 heteroatoms. The number of benzene rings is 1. The number of rotatable bonds is 7. The molecule has 1 atom stereocenters. The third kappa shape index (κ3) is 5.42. The number of halogens is 2. The molecule has 2 N–H and O–H groups in total. The van der Waals surface area contributed by atoms with Crippen LogP contribution >= 0.6 is 11.6 Å². The molecule has 0 saturated carbocycles. The number of aliphatic hydroxyl groups excluding tert-OH is 1. The lowest BCUT2D eigenvalue weighted by Gasteiger charge is -2.35. The Morgan fingerprint density at radius 2 is 2.04 bits per heavy atom. The Morgan fingerprint density at radius 1 is 1.35 bits per heavy atom. The van der Waals surface area contributed by atoms with Crippen molar-refractivity contribution in [2.24, 2.45) is 5.92 Å². The van der Waals surface area contributed by atoms with E-state index in [-0.39, 0.29) is 12.4 Å². The van der Waals surface area contributed by atoms with Crippen LogP contribution in [0.25, 0.3) is 0 Å². The number of aliphatic hydroxyl groups is 1. The van der Waals surface area contributed by atoms with E-state index in [9.17, 15) is 9.50 Å². The summed E-state index contributed by atoms with van der Waals surface area (Å²) in [5.41, 5.74) is 0.598. The Kier molecular flexibility index (Phi) is 7.28. The zero-order chi connectivity index (χ0) is 16.8. The number of nitrogens with zero attached hydrogens (tertiary/aromatic N) is 1. The Balaban J connectivity index is 1.84. The molecule has 23 heavy (non-hydrogen) atoms. The van der Waals surface area contributed by atoms with Crippen molar-refractivity contribution in [1.29, 1.82) is 0 Å². The molecule has 0 aromatic heterocycles. The van der Waals surface area contributed by atoms with Gasteiger partial charge in [0.1, 0.15) is 5.82 Å². The van der Waals surface area contributed by atoms with Crippen molar-refractivity contribution in [2.75, 3.05) is 19.7 Å². The largest absolute Gasteiger partial charge is 0.396 e. The van der Waals surface area contributed by atoms with E-state index in [1.165, 1.54) is 6.07 Å². The van der Waals surface area contributed by atoms with Crippen LogP contribution in [0.4, 0.5) is 4.39 Å². The molecule has 1 saturated heterocycles. The first-order valence-corrected chi connectivity index (χ1v) is 8.91. The molecule has 1 aliphatic rings. The maximum atomic E-state index is 13.9. The SMILES string of the molecule is CC(C)C(CCO)NC1CCN(Cc2c(F)cccc2Cl)CC1. The molecule has 1 aromatic rings. The van der Waals surface area contributed by atoms with Crippen molar-refractivity contribution in [3.05, 3.63) is 34.6 Å². The lowest BCUT2D eigenvalue weighted by Crippen LogP contribution is -2.47. The fourth-order valence-electron chi connectivity index (χ4n) is 3.22. The summed E-state index contributed by atoms with van der Waals surface area (Å²) in [6.07, 6.45) is 2.88. The second-order valence-corrected chi connectivity index (χ2v) is 7.19. The Bertz CT molecular complexity index is 470. The van der Waals surface area contributed by atoms with Crippen molar-refractivity contribution in [1.82, 2.24) is 10.2 Å². The minimum absolute atomic E-state index is 0.222. The Morgan fingerprint density at radius 3 is 2.61 bits per heavy atom. The first-order valence-electron chi connectivity index (χ1n) is 8.53. The summed E-state index contributed by atoms with van der Waals surface area (Å²) in [5, 5.41) is 13.4. The molecule has 0 radical (unpaired) electrons. The minimum atomic E-state index is -0.222. The highest BCUT2D eigenvalue weighted by atomic mass is 35.5. The predicted octanol–water partition coefficient (Wildman–Crippen LogP) is 3.44. The maximum Gasteiger partial charge on any atom is 0.129 e. The third-order valence-corrected chi connectivity index (χ3v) is 5.08. The van der Waals surface area contributed by atoms with Gasteiger partial charge in [-0.2, -0.15) is 0 Å². The van der Waals surface area contributed by atoms with E-state index in [2.05, 4.69) is 24.1 Å². The second-order valence-electron chi connectivity index (χ2n) is 6.78. The van der Waals surface area contributed by atoms with Crippen LogP contribution in [0.2, 0.25) is 5.02 Å². The summed E-state index contributed by atoms with van der Waals surface area (Å²) in [6.45, 7) is 7.03. The number of hydrogen-bond donors (Lipinski definition) is 2. The van der Waals surface area contributed by atoms with Crippen LogP contribution in [0.1, 0.15) is 38.7 Å². The van der Waals surface area contributed by atoms with E-state index in [0.29, 0.717) is 35.1 Å². The fraction of sp³-hybridized carbons (Fsp3) is 0.667. The normalized spacial score (nSPS) is 18.5. The monoisotopic (exact) mass is 342 g/mol. The molecule has 130 valence electrons. The molecule has 1 heterocycles. The van der Waals surface area contributed by atoms with Crippen LogP contribution in [0.3, 0.4) is 0 Å². The van der Waals surface area contributed by atoms with Crippen molar-refractivity contribution in [2.45, 2.75) is 51.7 Å². The van der Waals surface area contributed by atoms with E-state index in [0.717, 1.165) is 32.4 Å². The molecule has 0 spiro atoms. The van der Waals surface area contributed by atoms with Crippen LogP contribution < -0.4 is 5.32 Å². The van der Waals surface area contributed by atoms with Gasteiger partial charge in [0, 0.05) is 35.8 Å². The van der Waals surface area contributed by atoms with Gasteiger partial charge in [-0.15, -0.1) is 0 Å². The van der Waals surface area contributed by atoms with Crippen LogP contribution in [-0.4, -0.2) is 41.8 Å². The van der Waals surface area contributed by atoms with Gasteiger partial charge in [-0.1, -0.05) is 31.5 Å². The molecule has 1 unspecified atom stereocenters. The molecule has 2 rings (SSSR count). The van der Waals surface area contributed by atoms with Gasteiger partial charge in [-0.25, -0.2) is 4.39 Å². The number of hydrogen-bond acceptors (Lipinski definition) is 3. The first-order chi connectivity index (χ1) is 11.0. The van der Waals surface area contributed by atoms with Crippen LogP contribution in [0.15, 0.2) is 18.2 Å². The highest BCUT2D eigenvalue weighted by Gasteiger charge is 2.23. The number of nitrogens with one attached hydrogen (secondary N) is 1. The van der Waals surface area contributed by atoms with Gasteiger partial charge >= 0.3 is 0 Å². The fourth-order valence-corrected chi connectivity index (χ4v) is 3.44. The summed E-state index contributed by atoms with van der Waals surface area (Å²) >= 11 is 6.11. The van der Waals surface area contributed by atoms with Crippen molar-refractivity contribution in [3.8, 4) is 0 Å². The lowest BCUT2D eigenvalue weighted by atomic mass is 9.97. The highest BCUT2D eigenvalue weighted by Crippen LogP contribution is 2.23. The molecule has 3 nitrogen and oxygen atoms in total. The smallest absolute Gasteiger partial charge is 0.129 e. The highest BCUT2D eigenvalue weighted by molar-refractivity contribution is 6.31. The molecule has 0 aliphatic carbocycles. The topological polar surface area (TPSA) is 35.5 Å². The summed E-state index contributed by atoms with van der Waals surface area (Å²) in [5.74, 6) is 0.290. The second kappa shape index (κ2) is 8.97. The van der Waals surface area contributed by atoms with Gasteiger partial charge < -0.3 is 10.4 Å². The zero-order valence-electron chi connectivity index (χ0n) is 14.1. The molecule has 1 fully saturated rings. The standard InChI is InChI=1S/C18H28ClFN2O/c1-13(2)18(8-11-23)21-14-6-9-22(10-7-14)12-15-16(19)4-3-5-17(15)20/h3-5,13-14,18,21,23H,6-12H2,1-2H3. The molecule has 0 bridgehead atoms. The Hall–Kier alpha value is -0.680. The molecule has 1 aromatic carbocycles. The van der Waals surface area contributed by atoms with Gasteiger partial charge in [0.2, 0.25) is 0 Å². The van der Waals surface area contributed by atoms with Crippen LogP contribution in [0.5, 0.6) is 0 Å². The predicted molar refractivity (Wildman–Crippen MR) is 93.2 cm³/mol. The van der Waals surface area contributed by atoms with Crippen molar-refractivity contribution >= 4 is 11.6 Å². The Labute approximate surface area is 143 Å². The quantitative estimate of drug-likeness (QED) is 0.796. The van der Waals surface area contributed by atoms with Crippen LogP contribution in [0, 0.1) is 11.7 Å². The van der Waals surface area contributed by atoms with E-state index in [1.807, 2.05) is 0 Å². The molecule has 1 aliphatic heterocycles. The number of likely N-dealkylation sites (tertiary alicyclic amines) is 1. The van der Waals surface area contributed by atoms with E-state index in [4.69, 9.17) is 11.6 Å². The van der Waals surface area contributed by atoms with Crippen molar-refractivity contribution < 1.29 is 9.50 Å². The lowest BCUT2D eigenvalue weighted by molar-refractivity contribution is 0.166. The summed E-state index contributed by atoms with van der Waals surface area (Å²) in [7, 11) is 0. The van der Waals surface area contributed by atoms with Gasteiger partial charge in [-0.05, 0) is 50.4 Å². The zero-order valence-corrected chi connectivity index (χ0v) is 14.8. The van der Waals surface area contributed by atoms with Crippen molar-refractivity contribution in [3.63, 3.8) is 0 Å². The first kappa shape index (κ1) is 18.7. The van der Waals surface area contributed by atoms with Gasteiger partial charge in [0.05, 0.1) is 0 Å². The average Bonchev–Trinajstić information content (AvgIpc) is 2.52. The average molecular weight is 343 g/mol. The molecular formula is C18H28ClFN2O. The summed E-state index contributed by atoms with van der Waals surface area (Å²) in [6, 6.07) is 5.69. The van der Waals surface area contributed by atoms with Crippen LogP contribution in [-0.2, 0) is 6.54 Å². The number of piperidine rings is 1. The molecular weight excluding hydrogens is 315 g/mol. The van der Waals surface area contributed by atoms with E-state index >= 15 is 0 Å². The van der Waals surface area contributed by atoms with Gasteiger partial charge in [0.25, 0.3) is 0 Å². The minimum Gasteiger partial charge on any atom is -0.396 e. The summed E-state index contributed by atoms with van der Waals surface area (Å²) in [4.78, 5) is 2.26. The maximum absolute atomic E-state index is 13.9. The third-order valence-electron chi connectivity index (χ3n) is 4.73. The summed E-state index contributed by atoms with van der Waals surface area (Å²) < 4.78 is 13.9. The molecule has 0 amide bonds. The van der Waals surface area contributed by atoms with E-state index < -0.39 is 0 Å². The van der Waals surface area contributed by atoms with Gasteiger partial charge in [-0.3, -0.25) is 4.90 Å². The van der Waals surface area contributed by atoms with E-state index in [1.54, 1.807) is 12.1 Å². The van der Waals surface area contributed by atoms with Gasteiger partial charge in [0.15, 0.2) is 0 Å².